The summed E-state index contributed by atoms with van der Waals surface area (Å²) in [5, 5.41) is 7.08. The Morgan fingerprint density at radius 2 is 2.41 bits per heavy atom. The van der Waals surface area contributed by atoms with Crippen LogP contribution in [-0.2, 0) is 0 Å². The van der Waals surface area contributed by atoms with Gasteiger partial charge in [-0.15, -0.1) is 0 Å². The van der Waals surface area contributed by atoms with E-state index in [-0.39, 0.29) is 12.1 Å². The minimum Gasteiger partial charge on any atom is -0.332 e. The molecule has 92 valence electrons. The molecule has 0 spiro atoms. The molecule has 0 saturated carbocycles. The molecule has 3 atom stereocenters. The summed E-state index contributed by atoms with van der Waals surface area (Å²) in [7, 11) is 0. The van der Waals surface area contributed by atoms with Gasteiger partial charge in [-0.2, -0.15) is 9.78 Å². The molecule has 1 aromatic rings. The Kier molecular flexibility index (Phi) is 3.08. The predicted molar refractivity (Wildman–Crippen MR) is 71.8 cm³/mol. The summed E-state index contributed by atoms with van der Waals surface area (Å²) in [5.74, 6) is 0.770. The standard InChI is InChI=1S/C11H15IN4O/c12-9-4-13-16(6-9)11(17)14-10-3-8-1-2-15(5-8)7-10/h4,6,8,10H,1-3,5,7H2,(H,14,17). The lowest BCUT2D eigenvalue weighted by Gasteiger charge is -2.30. The van der Waals surface area contributed by atoms with Crippen LogP contribution in [0.3, 0.4) is 0 Å². The van der Waals surface area contributed by atoms with Crippen molar-refractivity contribution in [2.75, 3.05) is 19.6 Å². The normalized spacial score (nSPS) is 31.5. The van der Waals surface area contributed by atoms with E-state index in [1.165, 1.54) is 24.2 Å². The first-order valence-corrected chi connectivity index (χ1v) is 7.02. The molecule has 2 saturated heterocycles. The first kappa shape index (κ1) is 11.5. The van der Waals surface area contributed by atoms with Crippen LogP contribution >= 0.6 is 22.6 Å². The minimum absolute atomic E-state index is 0.111. The van der Waals surface area contributed by atoms with Crippen LogP contribution in [0.25, 0.3) is 0 Å². The largest absolute Gasteiger partial charge is 0.342 e. The second-order valence-electron chi connectivity index (χ2n) is 4.90. The zero-order valence-corrected chi connectivity index (χ0v) is 11.6. The summed E-state index contributed by atoms with van der Waals surface area (Å²) >= 11 is 2.15. The average Bonchev–Trinajstić information content (AvgIpc) is 2.85. The van der Waals surface area contributed by atoms with Gasteiger partial charge in [-0.3, -0.25) is 0 Å². The number of rotatable bonds is 1. The Hall–Kier alpha value is -0.630. The lowest BCUT2D eigenvalue weighted by atomic mass is 9.97. The van der Waals surface area contributed by atoms with E-state index in [0.29, 0.717) is 0 Å². The Labute approximate surface area is 114 Å². The zero-order valence-electron chi connectivity index (χ0n) is 9.47. The maximum Gasteiger partial charge on any atom is 0.342 e. The highest BCUT2D eigenvalue weighted by molar-refractivity contribution is 14.1. The van der Waals surface area contributed by atoms with Crippen molar-refractivity contribution in [3.63, 3.8) is 0 Å². The highest BCUT2D eigenvalue weighted by Gasteiger charge is 2.33. The Morgan fingerprint density at radius 1 is 1.53 bits per heavy atom. The molecular weight excluding hydrogens is 331 g/mol. The lowest BCUT2D eigenvalue weighted by molar-refractivity contribution is 0.204. The van der Waals surface area contributed by atoms with Gasteiger partial charge in [-0.1, -0.05) is 0 Å². The van der Waals surface area contributed by atoms with E-state index in [2.05, 4.69) is 37.9 Å². The number of halogens is 1. The molecule has 0 radical (unpaired) electrons. The lowest BCUT2D eigenvalue weighted by Crippen LogP contribution is -2.48. The fourth-order valence-corrected chi connectivity index (χ4v) is 3.21. The summed E-state index contributed by atoms with van der Waals surface area (Å²) in [6, 6.07) is 0.172. The van der Waals surface area contributed by atoms with E-state index in [1.807, 2.05) is 0 Å². The number of hydrogen-bond acceptors (Lipinski definition) is 3. The van der Waals surface area contributed by atoms with Gasteiger partial charge in [0.1, 0.15) is 0 Å². The molecular formula is C11H15IN4O. The maximum absolute atomic E-state index is 11.9. The van der Waals surface area contributed by atoms with E-state index in [4.69, 9.17) is 0 Å². The van der Waals surface area contributed by atoms with Crippen molar-refractivity contribution in [2.24, 2.45) is 5.92 Å². The van der Waals surface area contributed by atoms with E-state index >= 15 is 0 Å². The zero-order chi connectivity index (χ0) is 11.8. The van der Waals surface area contributed by atoms with Gasteiger partial charge in [0.05, 0.1) is 9.77 Å². The Bertz CT molecular complexity index is 421. The number of carbonyl (C=O) groups is 1. The number of fused-ring (bicyclic) bond motifs is 2. The number of nitrogens with zero attached hydrogens (tertiary/aromatic N) is 3. The molecule has 1 aromatic heterocycles. The first-order chi connectivity index (χ1) is 8.20. The van der Waals surface area contributed by atoms with Gasteiger partial charge in [-0.05, 0) is 47.9 Å². The topological polar surface area (TPSA) is 50.2 Å². The molecule has 3 heterocycles. The molecule has 3 unspecified atom stereocenters. The van der Waals surface area contributed by atoms with Crippen LogP contribution < -0.4 is 5.32 Å². The number of piperidine rings is 1. The van der Waals surface area contributed by atoms with Crippen molar-refractivity contribution in [3.05, 3.63) is 16.0 Å². The fraction of sp³-hybridized carbons (Fsp3) is 0.636. The van der Waals surface area contributed by atoms with Gasteiger partial charge in [0.2, 0.25) is 0 Å². The monoisotopic (exact) mass is 346 g/mol. The van der Waals surface area contributed by atoms with Crippen molar-refractivity contribution in [3.8, 4) is 0 Å². The average molecular weight is 346 g/mol. The third-order valence-corrected chi connectivity index (χ3v) is 4.11. The molecule has 5 nitrogen and oxygen atoms in total. The smallest absolute Gasteiger partial charge is 0.332 e. The second-order valence-corrected chi connectivity index (χ2v) is 6.15. The van der Waals surface area contributed by atoms with Crippen LogP contribution in [0.1, 0.15) is 12.8 Å². The number of amides is 1. The van der Waals surface area contributed by atoms with Crippen LogP contribution in [0, 0.1) is 9.49 Å². The van der Waals surface area contributed by atoms with Gasteiger partial charge in [-0.25, -0.2) is 4.79 Å². The van der Waals surface area contributed by atoms with E-state index < -0.39 is 0 Å². The highest BCUT2D eigenvalue weighted by atomic mass is 127. The van der Waals surface area contributed by atoms with Crippen LogP contribution in [0.4, 0.5) is 4.79 Å². The molecule has 1 N–H and O–H groups in total. The second kappa shape index (κ2) is 4.56. The van der Waals surface area contributed by atoms with Gasteiger partial charge >= 0.3 is 6.03 Å². The van der Waals surface area contributed by atoms with E-state index in [9.17, 15) is 4.79 Å². The molecule has 3 rings (SSSR count). The molecule has 2 aliphatic rings. The number of aromatic nitrogens is 2. The summed E-state index contributed by atoms with van der Waals surface area (Å²) in [6.07, 6.45) is 5.83. The molecule has 0 aliphatic carbocycles. The van der Waals surface area contributed by atoms with Crippen molar-refractivity contribution in [1.82, 2.24) is 20.0 Å². The maximum atomic E-state index is 11.9. The van der Waals surface area contributed by atoms with Gasteiger partial charge < -0.3 is 10.2 Å². The number of nitrogens with one attached hydrogen (secondary N) is 1. The van der Waals surface area contributed by atoms with Crippen molar-refractivity contribution in [1.29, 1.82) is 0 Å². The van der Waals surface area contributed by atoms with E-state index in [1.54, 1.807) is 12.4 Å². The molecule has 6 heteroatoms. The SMILES string of the molecule is O=C(NC1CC2CCN(C2)C1)n1cc(I)cn1. The van der Waals surface area contributed by atoms with Gasteiger partial charge in [0.25, 0.3) is 0 Å². The Balaban J connectivity index is 1.62. The highest BCUT2D eigenvalue weighted by Crippen LogP contribution is 2.26. The third-order valence-electron chi connectivity index (χ3n) is 3.55. The van der Waals surface area contributed by atoms with Crippen molar-refractivity contribution >= 4 is 28.6 Å². The Morgan fingerprint density at radius 3 is 3.12 bits per heavy atom. The molecule has 2 fully saturated rings. The van der Waals surface area contributed by atoms with Crippen molar-refractivity contribution < 1.29 is 4.79 Å². The number of carbonyl (C=O) groups excluding carboxylic acids is 1. The molecule has 1 amide bonds. The summed E-state index contributed by atoms with van der Waals surface area (Å²) in [4.78, 5) is 14.4. The fourth-order valence-electron chi connectivity index (χ4n) is 2.82. The number of hydrogen-bond donors (Lipinski definition) is 1. The first-order valence-electron chi connectivity index (χ1n) is 5.94. The predicted octanol–water partition coefficient (Wildman–Crippen LogP) is 1.14. The summed E-state index contributed by atoms with van der Waals surface area (Å²) < 4.78 is 2.36. The molecule has 0 aromatic carbocycles. The minimum atomic E-state index is -0.111. The molecule has 2 aliphatic heterocycles. The van der Waals surface area contributed by atoms with Crippen LogP contribution in [0.15, 0.2) is 12.4 Å². The summed E-state index contributed by atoms with van der Waals surface area (Å²) in [5.41, 5.74) is 0. The van der Waals surface area contributed by atoms with Crippen LogP contribution in [0.5, 0.6) is 0 Å². The summed E-state index contributed by atoms with van der Waals surface area (Å²) in [6.45, 7) is 3.39. The quantitative estimate of drug-likeness (QED) is 0.776. The van der Waals surface area contributed by atoms with Crippen molar-refractivity contribution in [2.45, 2.75) is 18.9 Å². The van der Waals surface area contributed by atoms with E-state index in [0.717, 1.165) is 22.5 Å². The third kappa shape index (κ3) is 2.47. The van der Waals surface area contributed by atoms with Gasteiger partial charge in [0.15, 0.2) is 0 Å². The molecule has 2 bridgehead atoms. The molecule has 17 heavy (non-hydrogen) atoms. The van der Waals surface area contributed by atoms with Crippen LogP contribution in [0.2, 0.25) is 0 Å². The van der Waals surface area contributed by atoms with Gasteiger partial charge in [0, 0.05) is 25.3 Å². The van der Waals surface area contributed by atoms with Crippen LogP contribution in [-0.4, -0.2) is 46.4 Å².